The zero-order chi connectivity index (χ0) is 12.0. The highest BCUT2D eigenvalue weighted by Crippen LogP contribution is 2.47. The average Bonchev–Trinajstić information content (AvgIpc) is 2.65. The Kier molecular flexibility index (Phi) is 2.33. The van der Waals surface area contributed by atoms with Gasteiger partial charge in [0.15, 0.2) is 0 Å². The Bertz CT molecular complexity index is 432. The number of rotatable bonds is 0. The van der Waals surface area contributed by atoms with Crippen LogP contribution in [0.15, 0.2) is 24.3 Å². The van der Waals surface area contributed by atoms with Crippen LogP contribution >= 0.6 is 0 Å². The predicted molar refractivity (Wildman–Crippen MR) is 55.6 cm³/mol. The molecule has 0 spiro atoms. The maximum atomic E-state index is 12.9. The molecule has 0 radical (unpaired) electrons. The van der Waals surface area contributed by atoms with Gasteiger partial charge in [0.1, 0.15) is 11.9 Å². The van der Waals surface area contributed by atoms with Gasteiger partial charge in [-0.2, -0.15) is 13.2 Å². The van der Waals surface area contributed by atoms with Crippen LogP contribution in [0.2, 0.25) is 0 Å². The zero-order valence-corrected chi connectivity index (χ0v) is 9.07. The van der Waals surface area contributed by atoms with Crippen LogP contribution in [0, 0.1) is 0 Å². The van der Waals surface area contributed by atoms with E-state index in [1.807, 2.05) is 0 Å². The Morgan fingerprint density at radius 1 is 1.24 bits per heavy atom. The van der Waals surface area contributed by atoms with Gasteiger partial charge >= 0.3 is 6.30 Å². The fourth-order valence-corrected chi connectivity index (χ4v) is 2.73. The molecule has 1 fully saturated rings. The lowest BCUT2D eigenvalue weighted by Gasteiger charge is -2.37. The van der Waals surface area contributed by atoms with Crippen molar-refractivity contribution in [3.8, 4) is 5.75 Å². The molecule has 0 bridgehead atoms. The number of halogens is 3. The fourth-order valence-electron chi connectivity index (χ4n) is 2.73. The van der Waals surface area contributed by atoms with Gasteiger partial charge in [-0.1, -0.05) is 18.2 Å². The summed E-state index contributed by atoms with van der Waals surface area (Å²) in [5.74, 6) is 0.596. The normalized spacial score (nSPS) is 28.4. The molecule has 2 aliphatic rings. The summed E-state index contributed by atoms with van der Waals surface area (Å²) >= 11 is 0. The Morgan fingerprint density at radius 3 is 2.76 bits per heavy atom. The van der Waals surface area contributed by atoms with E-state index in [9.17, 15) is 13.2 Å². The van der Waals surface area contributed by atoms with Gasteiger partial charge in [-0.05, 0) is 18.9 Å². The summed E-state index contributed by atoms with van der Waals surface area (Å²) in [5, 5.41) is 0. The van der Waals surface area contributed by atoms with Gasteiger partial charge in [0, 0.05) is 12.1 Å². The van der Waals surface area contributed by atoms with Crippen molar-refractivity contribution in [2.45, 2.75) is 31.3 Å². The molecular formula is C12H12F3NO. The molecule has 0 N–H and O–H groups in total. The van der Waals surface area contributed by atoms with Crippen LogP contribution in [0.4, 0.5) is 13.2 Å². The van der Waals surface area contributed by atoms with Crippen LogP contribution in [-0.4, -0.2) is 23.8 Å². The van der Waals surface area contributed by atoms with Gasteiger partial charge in [0.25, 0.3) is 0 Å². The first-order valence-electron chi connectivity index (χ1n) is 5.66. The molecule has 1 saturated heterocycles. The highest BCUT2D eigenvalue weighted by Gasteiger charge is 2.50. The summed E-state index contributed by atoms with van der Waals surface area (Å²) in [6, 6.07) is 6.34. The van der Waals surface area contributed by atoms with Crippen molar-refractivity contribution in [3.63, 3.8) is 0 Å². The van der Waals surface area contributed by atoms with Crippen LogP contribution < -0.4 is 4.74 Å². The summed E-state index contributed by atoms with van der Waals surface area (Å²) in [7, 11) is 0. The maximum absolute atomic E-state index is 12.9. The van der Waals surface area contributed by atoms with E-state index < -0.39 is 12.3 Å². The van der Waals surface area contributed by atoms with E-state index in [0.717, 1.165) is 0 Å². The molecule has 0 aromatic heterocycles. The molecule has 2 atom stereocenters. The van der Waals surface area contributed by atoms with Crippen molar-refractivity contribution in [1.29, 1.82) is 0 Å². The topological polar surface area (TPSA) is 12.5 Å². The van der Waals surface area contributed by atoms with Crippen LogP contribution in [0.1, 0.15) is 24.4 Å². The molecule has 1 aromatic rings. The third-order valence-electron chi connectivity index (χ3n) is 3.42. The summed E-state index contributed by atoms with van der Waals surface area (Å²) in [6.07, 6.45) is -3.44. The third-order valence-corrected chi connectivity index (χ3v) is 3.42. The molecule has 1 aromatic carbocycles. The molecule has 17 heavy (non-hydrogen) atoms. The maximum Gasteiger partial charge on any atom is 0.460 e. The van der Waals surface area contributed by atoms with Gasteiger partial charge in [0.2, 0.25) is 0 Å². The van der Waals surface area contributed by atoms with Crippen molar-refractivity contribution in [3.05, 3.63) is 29.8 Å². The standard InChI is InChI=1S/C12H12F3NO/c13-12(14,15)16-7-3-6-10-11(16)8-4-1-2-5-9(8)17-10/h1-2,4-5,10-11H,3,6-7H2. The van der Waals surface area contributed by atoms with Gasteiger partial charge in [-0.15, -0.1) is 0 Å². The van der Waals surface area contributed by atoms with Crippen molar-refractivity contribution < 1.29 is 17.9 Å². The Morgan fingerprint density at radius 2 is 2.00 bits per heavy atom. The number of alkyl halides is 3. The summed E-state index contributed by atoms with van der Waals surface area (Å²) < 4.78 is 44.4. The van der Waals surface area contributed by atoms with E-state index in [0.29, 0.717) is 29.1 Å². The van der Waals surface area contributed by atoms with Crippen molar-refractivity contribution >= 4 is 0 Å². The Balaban J connectivity index is 2.01. The minimum atomic E-state index is -4.29. The molecule has 2 nitrogen and oxygen atoms in total. The molecule has 2 aliphatic heterocycles. The lowest BCUT2D eigenvalue weighted by molar-refractivity contribution is -0.271. The summed E-state index contributed by atoms with van der Waals surface area (Å²) in [6.45, 7) is 0.0579. The van der Waals surface area contributed by atoms with E-state index in [1.54, 1.807) is 24.3 Å². The summed E-state index contributed by atoms with van der Waals surface area (Å²) in [4.78, 5) is 0.604. The number of para-hydroxylation sites is 1. The Hall–Kier alpha value is -1.23. The highest BCUT2D eigenvalue weighted by molar-refractivity contribution is 5.41. The molecule has 5 heteroatoms. The monoisotopic (exact) mass is 243 g/mol. The van der Waals surface area contributed by atoms with Crippen molar-refractivity contribution in [2.75, 3.05) is 6.54 Å². The smallest absolute Gasteiger partial charge is 0.460 e. The number of likely N-dealkylation sites (tertiary alicyclic amines) is 1. The van der Waals surface area contributed by atoms with Crippen LogP contribution in [0.5, 0.6) is 5.75 Å². The number of hydrogen-bond donors (Lipinski definition) is 0. The molecule has 0 amide bonds. The molecule has 2 unspecified atom stereocenters. The van der Waals surface area contributed by atoms with E-state index in [2.05, 4.69) is 0 Å². The number of piperidine rings is 1. The van der Waals surface area contributed by atoms with E-state index >= 15 is 0 Å². The Labute approximate surface area is 97.0 Å². The van der Waals surface area contributed by atoms with Crippen molar-refractivity contribution in [1.82, 2.24) is 4.90 Å². The fraction of sp³-hybridized carbons (Fsp3) is 0.500. The second-order valence-corrected chi connectivity index (χ2v) is 4.44. The van der Waals surface area contributed by atoms with E-state index in [-0.39, 0.29) is 12.6 Å². The second kappa shape index (κ2) is 3.63. The minimum Gasteiger partial charge on any atom is -0.488 e. The van der Waals surface area contributed by atoms with Crippen LogP contribution in [0.3, 0.4) is 0 Å². The molecular weight excluding hydrogens is 231 g/mol. The predicted octanol–water partition coefficient (Wildman–Crippen LogP) is 3.10. The first kappa shape index (κ1) is 10.9. The van der Waals surface area contributed by atoms with Gasteiger partial charge in [-0.3, -0.25) is 0 Å². The molecule has 0 aliphatic carbocycles. The van der Waals surface area contributed by atoms with E-state index in [1.165, 1.54) is 0 Å². The van der Waals surface area contributed by atoms with E-state index in [4.69, 9.17) is 4.74 Å². The molecule has 0 saturated carbocycles. The summed E-state index contributed by atoms with van der Waals surface area (Å²) in [5.41, 5.74) is 0.662. The quantitative estimate of drug-likeness (QED) is 0.649. The van der Waals surface area contributed by atoms with Crippen LogP contribution in [-0.2, 0) is 0 Å². The lowest BCUT2D eigenvalue weighted by Crippen LogP contribution is -2.48. The van der Waals surface area contributed by atoms with Crippen LogP contribution in [0.25, 0.3) is 0 Å². The highest BCUT2D eigenvalue weighted by atomic mass is 19.4. The van der Waals surface area contributed by atoms with Gasteiger partial charge in [-0.25, -0.2) is 4.90 Å². The molecule has 3 rings (SSSR count). The zero-order valence-electron chi connectivity index (χ0n) is 9.07. The minimum absolute atomic E-state index is 0.0579. The van der Waals surface area contributed by atoms with Crippen molar-refractivity contribution in [2.24, 2.45) is 0 Å². The molecule has 2 heterocycles. The second-order valence-electron chi connectivity index (χ2n) is 4.44. The number of nitrogens with zero attached hydrogens (tertiary/aromatic N) is 1. The number of hydrogen-bond acceptors (Lipinski definition) is 2. The van der Waals surface area contributed by atoms with Gasteiger partial charge in [0.05, 0.1) is 6.04 Å². The average molecular weight is 243 g/mol. The van der Waals surface area contributed by atoms with Gasteiger partial charge < -0.3 is 4.74 Å². The first-order chi connectivity index (χ1) is 8.07. The largest absolute Gasteiger partial charge is 0.488 e. The lowest BCUT2D eigenvalue weighted by atomic mass is 9.95. The number of ether oxygens (including phenoxy) is 1. The first-order valence-corrected chi connectivity index (χ1v) is 5.66. The molecule has 92 valence electrons. The number of benzene rings is 1. The third kappa shape index (κ3) is 1.69. The SMILES string of the molecule is FC(F)(F)N1CCCC2Oc3ccccc3C21. The number of fused-ring (bicyclic) bond motifs is 3.